The quantitative estimate of drug-likeness (QED) is 0.698. The predicted octanol–water partition coefficient (Wildman–Crippen LogP) is 5.03. The average Bonchev–Trinajstić information content (AvgIpc) is 3.42. The number of halogens is 3. The van der Waals surface area contributed by atoms with Crippen molar-refractivity contribution in [1.82, 2.24) is 4.90 Å². The molecule has 2 aliphatic rings. The molecule has 172 valence electrons. The lowest BCUT2D eigenvalue weighted by atomic mass is 10.1. The molecule has 2 fully saturated rings. The number of nitrogens with zero attached hydrogens (tertiary/aromatic N) is 2. The SMILES string of the molecule is COc1ccc(C(=O)Nc2ccc(N3CCC(N4CCCC4C)C3)cc2C(F)(F)F)cc1. The van der Waals surface area contributed by atoms with Crippen molar-refractivity contribution in [2.75, 3.05) is 37.0 Å². The van der Waals surface area contributed by atoms with Gasteiger partial charge in [0.15, 0.2) is 0 Å². The molecule has 8 heteroatoms. The third kappa shape index (κ3) is 4.70. The number of hydrogen-bond acceptors (Lipinski definition) is 4. The monoisotopic (exact) mass is 447 g/mol. The minimum Gasteiger partial charge on any atom is -0.497 e. The highest BCUT2D eigenvalue weighted by Crippen LogP contribution is 2.38. The summed E-state index contributed by atoms with van der Waals surface area (Å²) in [6.45, 7) is 4.73. The first-order chi connectivity index (χ1) is 15.3. The van der Waals surface area contributed by atoms with Gasteiger partial charge in [-0.2, -0.15) is 13.2 Å². The van der Waals surface area contributed by atoms with Crippen molar-refractivity contribution in [3.8, 4) is 5.75 Å². The highest BCUT2D eigenvalue weighted by Gasteiger charge is 2.37. The summed E-state index contributed by atoms with van der Waals surface area (Å²) in [4.78, 5) is 17.0. The third-order valence-electron chi connectivity index (χ3n) is 6.51. The largest absolute Gasteiger partial charge is 0.497 e. The molecule has 0 aliphatic carbocycles. The van der Waals surface area contributed by atoms with Crippen LogP contribution in [0.2, 0.25) is 0 Å². The Morgan fingerprint density at radius 3 is 2.47 bits per heavy atom. The second-order valence-corrected chi connectivity index (χ2v) is 8.53. The summed E-state index contributed by atoms with van der Waals surface area (Å²) in [5.74, 6) is -0.0377. The van der Waals surface area contributed by atoms with Crippen molar-refractivity contribution in [3.05, 3.63) is 53.6 Å². The van der Waals surface area contributed by atoms with Crippen LogP contribution in [0.1, 0.15) is 42.1 Å². The Balaban J connectivity index is 1.52. The highest BCUT2D eigenvalue weighted by atomic mass is 19.4. The minimum absolute atomic E-state index is 0.244. The molecule has 1 N–H and O–H groups in total. The van der Waals surface area contributed by atoms with E-state index in [0.29, 0.717) is 23.5 Å². The molecule has 0 saturated carbocycles. The zero-order chi connectivity index (χ0) is 22.9. The second-order valence-electron chi connectivity index (χ2n) is 8.53. The van der Waals surface area contributed by atoms with Gasteiger partial charge in [-0.15, -0.1) is 0 Å². The van der Waals surface area contributed by atoms with Gasteiger partial charge in [0.05, 0.1) is 18.4 Å². The van der Waals surface area contributed by atoms with Crippen molar-refractivity contribution in [2.45, 2.75) is 44.4 Å². The molecular weight excluding hydrogens is 419 g/mol. The number of hydrogen-bond donors (Lipinski definition) is 1. The Labute approximate surface area is 186 Å². The van der Waals surface area contributed by atoms with Crippen molar-refractivity contribution in [2.24, 2.45) is 0 Å². The van der Waals surface area contributed by atoms with Crippen molar-refractivity contribution in [1.29, 1.82) is 0 Å². The van der Waals surface area contributed by atoms with Crippen LogP contribution in [-0.4, -0.2) is 49.6 Å². The fraction of sp³-hybridized carbons (Fsp3) is 0.458. The lowest BCUT2D eigenvalue weighted by Crippen LogP contribution is -2.39. The number of nitrogens with one attached hydrogen (secondary N) is 1. The molecule has 5 nitrogen and oxygen atoms in total. The molecule has 0 aromatic heterocycles. The Morgan fingerprint density at radius 1 is 1.09 bits per heavy atom. The molecule has 2 aromatic carbocycles. The van der Waals surface area contributed by atoms with E-state index < -0.39 is 17.6 Å². The van der Waals surface area contributed by atoms with Gasteiger partial charge in [0.2, 0.25) is 0 Å². The summed E-state index contributed by atoms with van der Waals surface area (Å²) in [5, 5.41) is 2.42. The number of carbonyl (C=O) groups is 1. The molecule has 2 saturated heterocycles. The van der Waals surface area contributed by atoms with Crippen LogP contribution in [0.25, 0.3) is 0 Å². The van der Waals surface area contributed by atoms with Gasteiger partial charge < -0.3 is 15.0 Å². The molecule has 2 aliphatic heterocycles. The number of amides is 1. The maximum Gasteiger partial charge on any atom is 0.418 e. The second kappa shape index (κ2) is 9.02. The molecule has 0 spiro atoms. The molecular formula is C24H28F3N3O2. The summed E-state index contributed by atoms with van der Waals surface area (Å²) in [5.41, 5.74) is -0.292. The number of benzene rings is 2. The van der Waals surface area contributed by atoms with E-state index in [9.17, 15) is 18.0 Å². The van der Waals surface area contributed by atoms with Crippen molar-refractivity contribution in [3.63, 3.8) is 0 Å². The third-order valence-corrected chi connectivity index (χ3v) is 6.51. The number of anilines is 2. The van der Waals surface area contributed by atoms with Gasteiger partial charge in [0.25, 0.3) is 5.91 Å². The molecule has 32 heavy (non-hydrogen) atoms. The Bertz CT molecular complexity index is 962. The van der Waals surface area contributed by atoms with Crippen LogP contribution >= 0.6 is 0 Å². The summed E-state index contributed by atoms with van der Waals surface area (Å²) in [6, 6.07) is 11.3. The average molecular weight is 448 g/mol. The van der Waals surface area contributed by atoms with Crippen LogP contribution in [0, 0.1) is 0 Å². The Hall–Kier alpha value is -2.74. The van der Waals surface area contributed by atoms with E-state index in [1.807, 2.05) is 4.90 Å². The van der Waals surface area contributed by atoms with Gasteiger partial charge in [0.1, 0.15) is 5.75 Å². The first-order valence-corrected chi connectivity index (χ1v) is 10.9. The van der Waals surface area contributed by atoms with Crippen LogP contribution in [0.15, 0.2) is 42.5 Å². The number of rotatable bonds is 5. The van der Waals surface area contributed by atoms with Crippen LogP contribution in [0.3, 0.4) is 0 Å². The van der Waals surface area contributed by atoms with Gasteiger partial charge in [-0.3, -0.25) is 9.69 Å². The first kappa shape index (κ1) is 22.5. The number of carbonyl (C=O) groups excluding carboxylic acids is 1. The standard InChI is InChI=1S/C24H28F3N3O2/c1-16-4-3-12-30(16)19-11-13-29(15-19)18-7-10-22(21(14-18)24(25,26)27)28-23(31)17-5-8-20(32-2)9-6-17/h5-10,14,16,19H,3-4,11-13,15H2,1-2H3,(H,28,31). The maximum atomic E-state index is 13.8. The number of likely N-dealkylation sites (tertiary alicyclic amines) is 1. The molecule has 0 radical (unpaired) electrons. The first-order valence-electron chi connectivity index (χ1n) is 10.9. The summed E-state index contributed by atoms with van der Waals surface area (Å²) < 4.78 is 46.6. The summed E-state index contributed by atoms with van der Waals surface area (Å²) in [6.07, 6.45) is -1.28. The maximum absolute atomic E-state index is 13.8. The normalized spacial score (nSPS) is 21.7. The van der Waals surface area contributed by atoms with Gasteiger partial charge in [-0.1, -0.05) is 0 Å². The molecule has 4 rings (SSSR count). The topological polar surface area (TPSA) is 44.8 Å². The molecule has 1 amide bonds. The fourth-order valence-corrected chi connectivity index (χ4v) is 4.75. The Morgan fingerprint density at radius 2 is 1.84 bits per heavy atom. The van der Waals surface area contributed by atoms with E-state index >= 15 is 0 Å². The number of ether oxygens (including phenoxy) is 1. The predicted molar refractivity (Wildman–Crippen MR) is 118 cm³/mol. The van der Waals surface area contributed by atoms with Crippen molar-refractivity contribution < 1.29 is 22.7 Å². The van der Waals surface area contributed by atoms with E-state index in [0.717, 1.165) is 32.1 Å². The summed E-state index contributed by atoms with van der Waals surface area (Å²) in [7, 11) is 1.50. The van der Waals surface area contributed by atoms with E-state index in [2.05, 4.69) is 17.1 Å². The zero-order valence-electron chi connectivity index (χ0n) is 18.3. The molecule has 0 bridgehead atoms. The van der Waals surface area contributed by atoms with Crippen LogP contribution < -0.4 is 15.0 Å². The van der Waals surface area contributed by atoms with Gasteiger partial charge in [0, 0.05) is 36.4 Å². The van der Waals surface area contributed by atoms with Gasteiger partial charge >= 0.3 is 6.18 Å². The molecule has 2 aromatic rings. The van der Waals surface area contributed by atoms with Gasteiger partial charge in [-0.05, 0) is 75.2 Å². The Kier molecular flexibility index (Phi) is 6.33. The number of methoxy groups -OCH3 is 1. The highest BCUT2D eigenvalue weighted by molar-refractivity contribution is 6.04. The minimum atomic E-state index is -4.58. The van der Waals surface area contributed by atoms with E-state index in [-0.39, 0.29) is 11.3 Å². The van der Waals surface area contributed by atoms with Crippen LogP contribution in [0.4, 0.5) is 24.5 Å². The van der Waals surface area contributed by atoms with E-state index in [1.165, 1.54) is 38.2 Å². The number of alkyl halides is 3. The van der Waals surface area contributed by atoms with Crippen molar-refractivity contribution >= 4 is 17.3 Å². The van der Waals surface area contributed by atoms with E-state index in [1.54, 1.807) is 18.2 Å². The van der Waals surface area contributed by atoms with E-state index in [4.69, 9.17) is 4.74 Å². The van der Waals surface area contributed by atoms with Gasteiger partial charge in [-0.25, -0.2) is 0 Å². The smallest absolute Gasteiger partial charge is 0.418 e. The molecule has 2 heterocycles. The summed E-state index contributed by atoms with van der Waals surface area (Å²) >= 11 is 0. The fourth-order valence-electron chi connectivity index (χ4n) is 4.75. The van der Waals surface area contributed by atoms with Crippen LogP contribution in [-0.2, 0) is 6.18 Å². The zero-order valence-corrected chi connectivity index (χ0v) is 18.3. The van der Waals surface area contributed by atoms with Crippen LogP contribution in [0.5, 0.6) is 5.75 Å². The lowest BCUT2D eigenvalue weighted by Gasteiger charge is -2.29. The lowest BCUT2D eigenvalue weighted by molar-refractivity contribution is -0.136. The molecule has 2 unspecified atom stereocenters. The molecule has 2 atom stereocenters.